The fraction of sp³-hybridized carbons (Fsp3) is 0.692. The molecule has 1 unspecified atom stereocenters. The molecule has 1 heterocycles. The van der Waals surface area contributed by atoms with Crippen molar-refractivity contribution in [3.8, 4) is 0 Å². The minimum atomic E-state index is -0.265. The molecule has 1 aliphatic rings. The summed E-state index contributed by atoms with van der Waals surface area (Å²) in [6, 6.07) is 0.115. The van der Waals surface area contributed by atoms with Gasteiger partial charge < -0.3 is 14.9 Å². The predicted octanol–water partition coefficient (Wildman–Crippen LogP) is 2.68. The lowest BCUT2D eigenvalue weighted by Gasteiger charge is -2.24. The van der Waals surface area contributed by atoms with Crippen LogP contribution in [0.15, 0.2) is 6.20 Å². The van der Waals surface area contributed by atoms with E-state index in [4.69, 9.17) is 12.2 Å². The van der Waals surface area contributed by atoms with Crippen LogP contribution in [-0.2, 0) is 10.2 Å². The van der Waals surface area contributed by atoms with Crippen LogP contribution in [0.4, 0.5) is 0 Å². The predicted molar refractivity (Wildman–Crippen MR) is 74.2 cm³/mol. The molecule has 1 atom stereocenters. The fourth-order valence-corrected chi connectivity index (χ4v) is 2.32. The minimum Gasteiger partial charge on any atom is -0.352 e. The summed E-state index contributed by atoms with van der Waals surface area (Å²) >= 11 is 5.29. The Bertz CT molecular complexity index is 505. The van der Waals surface area contributed by atoms with Gasteiger partial charge in [0.05, 0.1) is 0 Å². The number of H-pyrrole nitrogens is 1. The molecule has 1 amide bonds. The van der Waals surface area contributed by atoms with E-state index < -0.39 is 0 Å². The first-order chi connectivity index (χ1) is 8.30. The van der Waals surface area contributed by atoms with Gasteiger partial charge in [0.25, 0.3) is 0 Å². The van der Waals surface area contributed by atoms with Gasteiger partial charge in [0.1, 0.15) is 6.04 Å². The van der Waals surface area contributed by atoms with Gasteiger partial charge in [-0.25, -0.2) is 0 Å². The number of nitrogens with one attached hydrogen (secondary N) is 2. The average molecular weight is 267 g/mol. The highest BCUT2D eigenvalue weighted by Crippen LogP contribution is 2.26. The fourth-order valence-electron chi connectivity index (χ4n) is 2.01. The molecule has 0 aromatic carbocycles. The Kier molecular flexibility index (Phi) is 3.36. The molecular formula is C13H21N3OS. The van der Waals surface area contributed by atoms with Gasteiger partial charge in [0, 0.05) is 23.3 Å². The number of carbonyl (C=O) groups excluding carboxylic acids is 1. The lowest BCUT2D eigenvalue weighted by Crippen LogP contribution is -2.34. The summed E-state index contributed by atoms with van der Waals surface area (Å²) in [5, 5.41) is 3.03. The SMILES string of the molecule is CC(C(=O)NC1CC1)n1c(C(C)(C)C)c[nH]c1=S. The Morgan fingerprint density at radius 2 is 2.17 bits per heavy atom. The van der Waals surface area contributed by atoms with E-state index in [0.717, 1.165) is 18.5 Å². The molecule has 2 N–H and O–H groups in total. The van der Waals surface area contributed by atoms with Crippen LogP contribution >= 0.6 is 12.2 Å². The lowest BCUT2D eigenvalue weighted by atomic mass is 9.92. The number of aromatic nitrogens is 2. The largest absolute Gasteiger partial charge is 0.352 e. The second kappa shape index (κ2) is 4.53. The Morgan fingerprint density at radius 3 is 2.67 bits per heavy atom. The van der Waals surface area contributed by atoms with Crippen molar-refractivity contribution in [1.82, 2.24) is 14.9 Å². The summed E-state index contributed by atoms with van der Waals surface area (Å²) < 4.78 is 2.53. The maximum absolute atomic E-state index is 12.1. The van der Waals surface area contributed by atoms with Crippen molar-refractivity contribution in [1.29, 1.82) is 0 Å². The van der Waals surface area contributed by atoms with Crippen LogP contribution in [0.1, 0.15) is 52.3 Å². The first-order valence-corrected chi connectivity index (χ1v) is 6.82. The molecule has 1 fully saturated rings. The topological polar surface area (TPSA) is 49.8 Å². The van der Waals surface area contributed by atoms with E-state index in [1.54, 1.807) is 0 Å². The highest BCUT2D eigenvalue weighted by atomic mass is 32.1. The van der Waals surface area contributed by atoms with Gasteiger partial charge in [0.15, 0.2) is 4.77 Å². The molecule has 0 bridgehead atoms. The third kappa shape index (κ3) is 2.66. The van der Waals surface area contributed by atoms with Crippen LogP contribution in [-0.4, -0.2) is 21.5 Å². The summed E-state index contributed by atoms with van der Waals surface area (Å²) in [6.45, 7) is 8.25. The van der Waals surface area contributed by atoms with Crippen LogP contribution in [0.3, 0.4) is 0 Å². The van der Waals surface area contributed by atoms with Gasteiger partial charge in [-0.2, -0.15) is 0 Å². The normalized spacial score (nSPS) is 17.6. The average Bonchev–Trinajstić information content (AvgIpc) is 2.96. The Morgan fingerprint density at radius 1 is 1.56 bits per heavy atom. The molecule has 2 rings (SSSR count). The number of nitrogens with zero attached hydrogens (tertiary/aromatic N) is 1. The molecule has 1 aromatic rings. The number of rotatable bonds is 3. The molecule has 0 aliphatic heterocycles. The van der Waals surface area contributed by atoms with Crippen molar-refractivity contribution in [3.05, 3.63) is 16.7 Å². The van der Waals surface area contributed by atoms with Crippen molar-refractivity contribution in [2.75, 3.05) is 0 Å². The first kappa shape index (κ1) is 13.3. The van der Waals surface area contributed by atoms with Gasteiger partial charge in [-0.3, -0.25) is 4.79 Å². The number of amides is 1. The molecule has 100 valence electrons. The Hall–Kier alpha value is -1.10. The highest BCUT2D eigenvalue weighted by Gasteiger charge is 2.29. The van der Waals surface area contributed by atoms with Crippen LogP contribution in [0.25, 0.3) is 0 Å². The maximum Gasteiger partial charge on any atom is 0.243 e. The van der Waals surface area contributed by atoms with E-state index in [0.29, 0.717) is 10.8 Å². The molecule has 18 heavy (non-hydrogen) atoms. The number of imidazole rings is 1. The summed E-state index contributed by atoms with van der Waals surface area (Å²) in [4.78, 5) is 15.2. The molecule has 0 spiro atoms. The molecule has 1 aliphatic carbocycles. The van der Waals surface area contributed by atoms with Gasteiger partial charge in [0.2, 0.25) is 5.91 Å². The van der Waals surface area contributed by atoms with Crippen molar-refractivity contribution in [2.24, 2.45) is 0 Å². The zero-order valence-corrected chi connectivity index (χ0v) is 12.2. The van der Waals surface area contributed by atoms with E-state index >= 15 is 0 Å². The van der Waals surface area contributed by atoms with Crippen molar-refractivity contribution >= 4 is 18.1 Å². The third-order valence-corrected chi connectivity index (χ3v) is 3.58. The molecule has 4 nitrogen and oxygen atoms in total. The zero-order valence-electron chi connectivity index (χ0n) is 11.4. The van der Waals surface area contributed by atoms with E-state index in [1.807, 2.05) is 17.7 Å². The zero-order chi connectivity index (χ0) is 13.5. The van der Waals surface area contributed by atoms with Crippen molar-refractivity contribution in [2.45, 2.75) is 58.0 Å². The van der Waals surface area contributed by atoms with Crippen LogP contribution < -0.4 is 5.32 Å². The standard InChI is InChI=1S/C13H21N3OS/c1-8(11(17)15-9-5-6-9)16-10(13(2,3)4)7-14-12(16)18/h7-9H,5-6H2,1-4H3,(H,14,18)(H,15,17). The summed E-state index contributed by atoms with van der Waals surface area (Å²) in [5.74, 6) is 0.0544. The quantitative estimate of drug-likeness (QED) is 0.827. The van der Waals surface area contributed by atoms with Crippen LogP contribution in [0.5, 0.6) is 0 Å². The van der Waals surface area contributed by atoms with Gasteiger partial charge in [-0.1, -0.05) is 20.8 Å². The summed E-state index contributed by atoms with van der Waals surface area (Å²) in [7, 11) is 0. The minimum absolute atomic E-state index is 0.0400. The number of aromatic amines is 1. The second-order valence-electron chi connectivity index (χ2n) is 6.06. The monoisotopic (exact) mass is 267 g/mol. The second-order valence-corrected chi connectivity index (χ2v) is 6.44. The van der Waals surface area contributed by atoms with E-state index in [-0.39, 0.29) is 17.4 Å². The molecule has 5 heteroatoms. The number of carbonyl (C=O) groups is 1. The maximum atomic E-state index is 12.1. The van der Waals surface area contributed by atoms with Gasteiger partial charge >= 0.3 is 0 Å². The molecule has 0 saturated heterocycles. The number of hydrogen-bond donors (Lipinski definition) is 2. The van der Waals surface area contributed by atoms with Crippen molar-refractivity contribution < 1.29 is 4.79 Å². The third-order valence-electron chi connectivity index (χ3n) is 3.27. The van der Waals surface area contributed by atoms with E-state index in [1.165, 1.54) is 0 Å². The smallest absolute Gasteiger partial charge is 0.243 e. The van der Waals surface area contributed by atoms with Crippen LogP contribution in [0, 0.1) is 4.77 Å². The summed E-state index contributed by atoms with van der Waals surface area (Å²) in [6.07, 6.45) is 4.11. The molecular weight excluding hydrogens is 246 g/mol. The Balaban J connectivity index is 2.28. The number of hydrogen-bond acceptors (Lipinski definition) is 2. The van der Waals surface area contributed by atoms with Gasteiger partial charge in [-0.05, 0) is 32.0 Å². The van der Waals surface area contributed by atoms with Gasteiger partial charge in [-0.15, -0.1) is 0 Å². The molecule has 1 saturated carbocycles. The molecule has 1 aromatic heterocycles. The lowest BCUT2D eigenvalue weighted by molar-refractivity contribution is -0.124. The Labute approximate surface area is 113 Å². The van der Waals surface area contributed by atoms with E-state index in [2.05, 4.69) is 31.1 Å². The highest BCUT2D eigenvalue weighted by molar-refractivity contribution is 7.71. The first-order valence-electron chi connectivity index (χ1n) is 6.41. The molecule has 0 radical (unpaired) electrons. The van der Waals surface area contributed by atoms with Crippen LogP contribution in [0.2, 0.25) is 0 Å². The van der Waals surface area contributed by atoms with Crippen molar-refractivity contribution in [3.63, 3.8) is 0 Å². The van der Waals surface area contributed by atoms with E-state index in [9.17, 15) is 4.79 Å². The summed E-state index contributed by atoms with van der Waals surface area (Å²) in [5.41, 5.74) is 1.02.